The second-order valence-electron chi connectivity index (χ2n) is 5.64. The summed E-state index contributed by atoms with van der Waals surface area (Å²) in [4.78, 5) is 15.7. The molecule has 1 amide bonds. The van der Waals surface area contributed by atoms with Gasteiger partial charge in [-0.15, -0.1) is 0 Å². The molecule has 0 aliphatic heterocycles. The average Bonchev–Trinajstić information content (AvgIpc) is 2.79. The number of aromatic nitrogens is 2. The monoisotopic (exact) mass is 252 g/mol. The van der Waals surface area contributed by atoms with Gasteiger partial charge in [-0.25, -0.2) is 4.98 Å². The van der Waals surface area contributed by atoms with Crippen LogP contribution in [0.4, 0.5) is 0 Å². The first-order valence-corrected chi connectivity index (χ1v) is 6.40. The molecule has 0 bridgehead atoms. The van der Waals surface area contributed by atoms with E-state index in [9.17, 15) is 4.79 Å². The van der Waals surface area contributed by atoms with Gasteiger partial charge in [0.05, 0.1) is 12.4 Å². The number of amides is 1. The number of nitrogens with one attached hydrogen (secondary N) is 1. The largest absolute Gasteiger partial charge is 0.355 e. The van der Waals surface area contributed by atoms with E-state index in [1.807, 2.05) is 31.5 Å². The number of carbonyl (C=O) groups excluding carboxylic acids is 1. The number of nitrogens with two attached hydrogens (primary N) is 1. The number of rotatable bonds is 6. The van der Waals surface area contributed by atoms with Crippen molar-refractivity contribution in [3.05, 3.63) is 18.7 Å². The number of hydrogen-bond acceptors (Lipinski definition) is 3. The molecule has 1 heterocycles. The molecule has 0 spiro atoms. The van der Waals surface area contributed by atoms with Gasteiger partial charge < -0.3 is 15.6 Å². The molecule has 1 rings (SSSR count). The van der Waals surface area contributed by atoms with Crippen molar-refractivity contribution in [3.63, 3.8) is 0 Å². The van der Waals surface area contributed by atoms with Crippen molar-refractivity contribution in [2.75, 3.05) is 6.54 Å². The van der Waals surface area contributed by atoms with Gasteiger partial charge in [0.15, 0.2) is 0 Å². The van der Waals surface area contributed by atoms with E-state index in [1.165, 1.54) is 0 Å². The summed E-state index contributed by atoms with van der Waals surface area (Å²) in [5.74, 6) is -0.0647. The summed E-state index contributed by atoms with van der Waals surface area (Å²) >= 11 is 0. The van der Waals surface area contributed by atoms with Crippen LogP contribution in [0.1, 0.15) is 33.6 Å². The summed E-state index contributed by atoms with van der Waals surface area (Å²) in [6.45, 7) is 7.52. The topological polar surface area (TPSA) is 72.9 Å². The lowest BCUT2D eigenvalue weighted by Crippen LogP contribution is -2.48. The molecule has 0 unspecified atom stereocenters. The van der Waals surface area contributed by atoms with Gasteiger partial charge in [0.2, 0.25) is 5.91 Å². The number of nitrogens with zero attached hydrogens (tertiary/aromatic N) is 2. The predicted octanol–water partition coefficient (Wildman–Crippen LogP) is 1.15. The number of unbranched alkanes of at least 4 members (excludes halogenated alkanes) is 1. The van der Waals surface area contributed by atoms with Crippen LogP contribution in [0.25, 0.3) is 0 Å². The van der Waals surface area contributed by atoms with E-state index >= 15 is 0 Å². The van der Waals surface area contributed by atoms with E-state index < -0.39 is 6.04 Å². The van der Waals surface area contributed by atoms with Crippen molar-refractivity contribution in [1.29, 1.82) is 0 Å². The van der Waals surface area contributed by atoms with Crippen molar-refractivity contribution >= 4 is 5.91 Å². The Morgan fingerprint density at radius 3 is 2.72 bits per heavy atom. The van der Waals surface area contributed by atoms with Crippen LogP contribution in [-0.4, -0.2) is 28.0 Å². The standard InChI is InChI=1S/C13H24N4O/c1-13(2,3)11(14)12(18)16-6-4-5-8-17-9-7-15-10-17/h7,9-11H,4-6,8,14H2,1-3H3,(H,16,18)/t11-/m0/s1. The molecule has 0 fully saturated rings. The van der Waals surface area contributed by atoms with Gasteiger partial charge in [-0.05, 0) is 18.3 Å². The summed E-state index contributed by atoms with van der Waals surface area (Å²) in [6.07, 6.45) is 7.47. The Kier molecular flexibility index (Phi) is 5.34. The smallest absolute Gasteiger partial charge is 0.237 e. The first-order valence-electron chi connectivity index (χ1n) is 6.40. The first kappa shape index (κ1) is 14.7. The van der Waals surface area contributed by atoms with Gasteiger partial charge in [-0.1, -0.05) is 20.8 Å². The summed E-state index contributed by atoms with van der Waals surface area (Å²) in [7, 11) is 0. The summed E-state index contributed by atoms with van der Waals surface area (Å²) in [5.41, 5.74) is 5.67. The number of carbonyl (C=O) groups is 1. The maximum atomic E-state index is 11.7. The molecule has 0 aliphatic carbocycles. The van der Waals surface area contributed by atoms with Crippen molar-refractivity contribution in [1.82, 2.24) is 14.9 Å². The van der Waals surface area contributed by atoms with Crippen LogP contribution < -0.4 is 11.1 Å². The van der Waals surface area contributed by atoms with E-state index in [1.54, 1.807) is 12.5 Å². The zero-order chi connectivity index (χ0) is 13.6. The molecular formula is C13H24N4O. The van der Waals surface area contributed by atoms with Crippen LogP contribution in [0.3, 0.4) is 0 Å². The number of aryl methyl sites for hydroxylation is 1. The van der Waals surface area contributed by atoms with Gasteiger partial charge in [0, 0.05) is 25.5 Å². The molecule has 0 aliphatic rings. The van der Waals surface area contributed by atoms with Crippen LogP contribution in [0.5, 0.6) is 0 Å². The fourth-order valence-corrected chi connectivity index (χ4v) is 1.55. The zero-order valence-electron chi connectivity index (χ0n) is 11.5. The third-order valence-electron chi connectivity index (χ3n) is 2.92. The molecule has 5 nitrogen and oxygen atoms in total. The number of hydrogen-bond donors (Lipinski definition) is 2. The maximum absolute atomic E-state index is 11.7. The van der Waals surface area contributed by atoms with Crippen LogP contribution in [0, 0.1) is 5.41 Å². The highest BCUT2D eigenvalue weighted by Gasteiger charge is 2.26. The van der Waals surface area contributed by atoms with Gasteiger partial charge in [0.25, 0.3) is 0 Å². The Labute approximate surface area is 109 Å². The van der Waals surface area contributed by atoms with Gasteiger partial charge in [-0.3, -0.25) is 4.79 Å². The van der Waals surface area contributed by atoms with E-state index in [2.05, 4.69) is 10.3 Å². The summed E-state index contributed by atoms with van der Waals surface area (Å²) in [5, 5.41) is 2.88. The summed E-state index contributed by atoms with van der Waals surface area (Å²) < 4.78 is 2.03. The SMILES string of the molecule is CC(C)(C)[C@@H](N)C(=O)NCCCCn1ccnc1. The van der Waals surface area contributed by atoms with E-state index in [0.717, 1.165) is 19.4 Å². The van der Waals surface area contributed by atoms with Crippen LogP contribution in [-0.2, 0) is 11.3 Å². The van der Waals surface area contributed by atoms with E-state index in [0.29, 0.717) is 6.54 Å². The molecule has 1 aromatic heterocycles. The highest BCUT2D eigenvalue weighted by Crippen LogP contribution is 2.17. The Morgan fingerprint density at radius 2 is 2.17 bits per heavy atom. The van der Waals surface area contributed by atoms with Gasteiger partial charge >= 0.3 is 0 Å². The molecule has 1 aromatic rings. The van der Waals surface area contributed by atoms with E-state index in [-0.39, 0.29) is 11.3 Å². The Bertz CT molecular complexity index is 354. The molecule has 3 N–H and O–H groups in total. The Balaban J connectivity index is 2.12. The molecule has 5 heteroatoms. The van der Waals surface area contributed by atoms with Crippen LogP contribution >= 0.6 is 0 Å². The molecule has 0 radical (unpaired) electrons. The second-order valence-corrected chi connectivity index (χ2v) is 5.64. The highest BCUT2D eigenvalue weighted by molar-refractivity contribution is 5.82. The highest BCUT2D eigenvalue weighted by atomic mass is 16.2. The molecule has 0 aromatic carbocycles. The lowest BCUT2D eigenvalue weighted by molar-refractivity contribution is -0.124. The molecule has 0 saturated carbocycles. The normalized spacial score (nSPS) is 13.3. The lowest BCUT2D eigenvalue weighted by atomic mass is 9.87. The Hall–Kier alpha value is -1.36. The van der Waals surface area contributed by atoms with Gasteiger partial charge in [-0.2, -0.15) is 0 Å². The quantitative estimate of drug-likeness (QED) is 0.746. The molecule has 18 heavy (non-hydrogen) atoms. The third kappa shape index (κ3) is 4.87. The average molecular weight is 252 g/mol. The third-order valence-corrected chi connectivity index (χ3v) is 2.92. The predicted molar refractivity (Wildman–Crippen MR) is 71.9 cm³/mol. The van der Waals surface area contributed by atoms with Gasteiger partial charge in [0.1, 0.15) is 0 Å². The second kappa shape index (κ2) is 6.54. The minimum atomic E-state index is -0.453. The molecular weight excluding hydrogens is 228 g/mol. The van der Waals surface area contributed by atoms with Crippen molar-refractivity contribution in [2.45, 2.75) is 46.2 Å². The molecule has 1 atom stereocenters. The molecule has 102 valence electrons. The van der Waals surface area contributed by atoms with Crippen molar-refractivity contribution in [2.24, 2.45) is 11.1 Å². The summed E-state index contributed by atoms with van der Waals surface area (Å²) in [6, 6.07) is -0.453. The van der Waals surface area contributed by atoms with Crippen molar-refractivity contribution < 1.29 is 4.79 Å². The first-order chi connectivity index (χ1) is 8.41. The van der Waals surface area contributed by atoms with Crippen molar-refractivity contribution in [3.8, 4) is 0 Å². The zero-order valence-corrected chi connectivity index (χ0v) is 11.5. The lowest BCUT2D eigenvalue weighted by Gasteiger charge is -2.25. The maximum Gasteiger partial charge on any atom is 0.237 e. The fraction of sp³-hybridized carbons (Fsp3) is 0.692. The van der Waals surface area contributed by atoms with Crippen LogP contribution in [0.15, 0.2) is 18.7 Å². The molecule has 0 saturated heterocycles. The minimum absolute atomic E-state index is 0.0647. The van der Waals surface area contributed by atoms with Crippen LogP contribution in [0.2, 0.25) is 0 Å². The Morgan fingerprint density at radius 1 is 1.44 bits per heavy atom. The minimum Gasteiger partial charge on any atom is -0.355 e. The van der Waals surface area contributed by atoms with E-state index in [4.69, 9.17) is 5.73 Å². The fourth-order valence-electron chi connectivity index (χ4n) is 1.55. The number of imidazole rings is 1.